The number of carbonyl (C=O) groups is 1. The number of nitrogens with zero attached hydrogens (tertiary/aromatic N) is 3. The summed E-state index contributed by atoms with van der Waals surface area (Å²) in [7, 11) is 0. The summed E-state index contributed by atoms with van der Waals surface area (Å²) < 4.78 is 14.3. The van der Waals surface area contributed by atoms with Crippen molar-refractivity contribution < 1.29 is 14.3 Å². The highest BCUT2D eigenvalue weighted by molar-refractivity contribution is 7.99. The van der Waals surface area contributed by atoms with Crippen LogP contribution in [0, 0.1) is 5.82 Å². The summed E-state index contributed by atoms with van der Waals surface area (Å²) in [6.07, 6.45) is 1.39. The fraction of sp³-hybridized carbons (Fsp3) is 0.250. The van der Waals surface area contributed by atoms with E-state index >= 15 is 0 Å². The molecule has 0 aliphatic rings. The maximum atomic E-state index is 12.8. The number of hydrogen-bond donors (Lipinski definition) is 3. The fourth-order valence-electron chi connectivity index (χ4n) is 2.26. The summed E-state index contributed by atoms with van der Waals surface area (Å²) in [5.41, 5.74) is 0.788. The van der Waals surface area contributed by atoms with Gasteiger partial charge in [0.15, 0.2) is 10.8 Å². The largest absolute Gasteiger partial charge is 0.394 e. The minimum atomic E-state index is -0.353. The zero-order valence-electron chi connectivity index (χ0n) is 13.6. The molecule has 0 aliphatic carbocycles. The lowest BCUT2D eigenvalue weighted by molar-refractivity contribution is -0.118. The number of nitrogens with one attached hydrogen (secondary N) is 2. The van der Waals surface area contributed by atoms with Crippen LogP contribution < -0.4 is 10.9 Å². The molecule has 0 radical (unpaired) electrons. The van der Waals surface area contributed by atoms with Crippen molar-refractivity contribution in [2.45, 2.75) is 18.2 Å². The number of aliphatic hydroxyl groups excluding tert-OH is 1. The molecule has 0 saturated carbocycles. The second-order valence-corrected chi connectivity index (χ2v) is 6.36. The van der Waals surface area contributed by atoms with Crippen LogP contribution in [0.4, 0.5) is 4.39 Å². The maximum Gasteiger partial charge on any atom is 0.262 e. The van der Waals surface area contributed by atoms with Crippen molar-refractivity contribution in [2.75, 3.05) is 12.4 Å². The Morgan fingerprint density at radius 1 is 1.35 bits per heavy atom. The van der Waals surface area contributed by atoms with E-state index in [1.165, 1.54) is 23.0 Å². The van der Waals surface area contributed by atoms with Gasteiger partial charge in [0.2, 0.25) is 5.91 Å². The number of aliphatic hydroxyl groups is 1. The second kappa shape index (κ2) is 8.11. The number of carbonyl (C=O) groups excluding carboxylic acids is 1. The van der Waals surface area contributed by atoms with Crippen LogP contribution in [-0.2, 0) is 17.9 Å². The van der Waals surface area contributed by atoms with E-state index in [4.69, 9.17) is 5.11 Å². The normalized spacial score (nSPS) is 11.0. The van der Waals surface area contributed by atoms with E-state index < -0.39 is 0 Å². The molecule has 3 N–H and O–H groups in total. The number of benzene rings is 1. The van der Waals surface area contributed by atoms with E-state index in [0.717, 1.165) is 17.3 Å². The van der Waals surface area contributed by atoms with Crippen molar-refractivity contribution in [1.29, 1.82) is 0 Å². The first-order valence-corrected chi connectivity index (χ1v) is 8.76. The van der Waals surface area contributed by atoms with Crippen LogP contribution in [0.25, 0.3) is 11.0 Å². The summed E-state index contributed by atoms with van der Waals surface area (Å²) >= 11 is 1.08. The van der Waals surface area contributed by atoms with Gasteiger partial charge >= 0.3 is 0 Å². The van der Waals surface area contributed by atoms with Gasteiger partial charge in [0.25, 0.3) is 5.56 Å². The van der Waals surface area contributed by atoms with Crippen molar-refractivity contribution in [2.24, 2.45) is 0 Å². The summed E-state index contributed by atoms with van der Waals surface area (Å²) in [4.78, 5) is 30.9. The van der Waals surface area contributed by atoms with Gasteiger partial charge in [0.05, 0.1) is 25.1 Å². The SMILES string of the molecule is O=C(CSc1nc2c(cnn2CCO)c(=O)[nH]1)NCc1ccc(F)cc1. The van der Waals surface area contributed by atoms with Crippen molar-refractivity contribution in [3.05, 3.63) is 52.2 Å². The number of thioether (sulfide) groups is 1. The Morgan fingerprint density at radius 2 is 2.12 bits per heavy atom. The Hall–Kier alpha value is -2.72. The maximum absolute atomic E-state index is 12.8. The molecule has 0 spiro atoms. The Labute approximate surface area is 151 Å². The monoisotopic (exact) mass is 377 g/mol. The summed E-state index contributed by atoms with van der Waals surface area (Å²) in [5.74, 6) is -0.517. The van der Waals surface area contributed by atoms with E-state index in [2.05, 4.69) is 20.4 Å². The van der Waals surface area contributed by atoms with Gasteiger partial charge in [-0.2, -0.15) is 5.10 Å². The molecule has 2 heterocycles. The molecule has 0 aliphatic heterocycles. The molecule has 10 heteroatoms. The van der Waals surface area contributed by atoms with Crippen LogP contribution in [0.1, 0.15) is 5.56 Å². The third-order valence-electron chi connectivity index (χ3n) is 3.54. The second-order valence-electron chi connectivity index (χ2n) is 5.39. The van der Waals surface area contributed by atoms with Crippen molar-refractivity contribution >= 4 is 28.7 Å². The van der Waals surface area contributed by atoms with E-state index in [1.807, 2.05) is 0 Å². The molecular weight excluding hydrogens is 361 g/mol. The number of fused-ring (bicyclic) bond motifs is 1. The molecule has 8 nitrogen and oxygen atoms in total. The van der Waals surface area contributed by atoms with Gasteiger partial charge in [-0.05, 0) is 17.7 Å². The topological polar surface area (TPSA) is 113 Å². The minimum Gasteiger partial charge on any atom is -0.394 e. The molecule has 3 rings (SSSR count). The number of rotatable bonds is 7. The highest BCUT2D eigenvalue weighted by Gasteiger charge is 2.11. The Balaban J connectivity index is 1.61. The highest BCUT2D eigenvalue weighted by atomic mass is 32.2. The van der Waals surface area contributed by atoms with Crippen LogP contribution in [-0.4, -0.2) is 43.1 Å². The number of halogens is 1. The van der Waals surface area contributed by atoms with Crippen LogP contribution in [0.2, 0.25) is 0 Å². The zero-order valence-corrected chi connectivity index (χ0v) is 14.4. The predicted octanol–water partition coefficient (Wildman–Crippen LogP) is 0.659. The molecule has 0 atom stereocenters. The summed E-state index contributed by atoms with van der Waals surface area (Å²) in [6.45, 7) is 0.383. The fourth-order valence-corrected chi connectivity index (χ4v) is 2.95. The van der Waals surface area contributed by atoms with Gasteiger partial charge in [0.1, 0.15) is 11.2 Å². The molecule has 2 aromatic heterocycles. The number of aromatic amines is 1. The van der Waals surface area contributed by atoms with Crippen LogP contribution in [0.5, 0.6) is 0 Å². The van der Waals surface area contributed by atoms with E-state index in [-0.39, 0.29) is 42.7 Å². The van der Waals surface area contributed by atoms with Crippen molar-refractivity contribution in [3.8, 4) is 0 Å². The number of amides is 1. The Kier molecular flexibility index (Phi) is 5.64. The minimum absolute atomic E-state index is 0.0593. The third-order valence-corrected chi connectivity index (χ3v) is 4.41. The van der Waals surface area contributed by atoms with Gasteiger partial charge in [-0.15, -0.1) is 0 Å². The molecule has 0 bridgehead atoms. The molecule has 136 valence electrons. The average molecular weight is 377 g/mol. The van der Waals surface area contributed by atoms with Crippen LogP contribution in [0.3, 0.4) is 0 Å². The van der Waals surface area contributed by atoms with Gasteiger partial charge in [0, 0.05) is 6.54 Å². The molecule has 0 fully saturated rings. The summed E-state index contributed by atoms with van der Waals surface area (Å²) in [6, 6.07) is 5.85. The lowest BCUT2D eigenvalue weighted by atomic mass is 10.2. The molecule has 0 unspecified atom stereocenters. The molecule has 1 aromatic carbocycles. The zero-order chi connectivity index (χ0) is 18.5. The predicted molar refractivity (Wildman–Crippen MR) is 94.2 cm³/mol. The first-order chi connectivity index (χ1) is 12.6. The summed E-state index contributed by atoms with van der Waals surface area (Å²) in [5, 5.41) is 16.4. The van der Waals surface area contributed by atoms with Crippen molar-refractivity contribution in [3.63, 3.8) is 0 Å². The number of aromatic nitrogens is 4. The van der Waals surface area contributed by atoms with Gasteiger partial charge in [-0.25, -0.2) is 14.1 Å². The van der Waals surface area contributed by atoms with Gasteiger partial charge in [-0.1, -0.05) is 23.9 Å². The third kappa shape index (κ3) is 4.27. The lowest BCUT2D eigenvalue weighted by Gasteiger charge is -2.06. The molecule has 1 amide bonds. The first kappa shape index (κ1) is 18.1. The van der Waals surface area contributed by atoms with Gasteiger partial charge in [-0.3, -0.25) is 9.59 Å². The lowest BCUT2D eigenvalue weighted by Crippen LogP contribution is -2.24. The quantitative estimate of drug-likeness (QED) is 0.412. The van der Waals surface area contributed by atoms with Gasteiger partial charge < -0.3 is 15.4 Å². The van der Waals surface area contributed by atoms with Crippen molar-refractivity contribution in [1.82, 2.24) is 25.1 Å². The highest BCUT2D eigenvalue weighted by Crippen LogP contribution is 2.14. The smallest absolute Gasteiger partial charge is 0.262 e. The van der Waals surface area contributed by atoms with Crippen LogP contribution >= 0.6 is 11.8 Å². The number of hydrogen-bond acceptors (Lipinski definition) is 6. The molecular formula is C16H16FN5O3S. The average Bonchev–Trinajstić information content (AvgIpc) is 3.03. The number of H-pyrrole nitrogens is 1. The Morgan fingerprint density at radius 3 is 2.85 bits per heavy atom. The Bertz CT molecular complexity index is 970. The molecule has 3 aromatic rings. The van der Waals surface area contributed by atoms with E-state index in [9.17, 15) is 14.0 Å². The van der Waals surface area contributed by atoms with E-state index in [1.54, 1.807) is 12.1 Å². The molecule has 0 saturated heterocycles. The van der Waals surface area contributed by atoms with E-state index in [0.29, 0.717) is 16.2 Å². The first-order valence-electron chi connectivity index (χ1n) is 7.77. The van der Waals surface area contributed by atoms with Crippen LogP contribution in [0.15, 0.2) is 40.4 Å². The standard InChI is InChI=1S/C16H16FN5O3S/c17-11-3-1-10(2-4-11)7-18-13(24)9-26-16-20-14-12(15(25)21-16)8-19-22(14)5-6-23/h1-4,8,23H,5-7,9H2,(H,18,24)(H,20,21,25). The molecule has 26 heavy (non-hydrogen) atoms.